The number of likely N-dealkylation sites (tertiary alicyclic amines) is 1. The van der Waals surface area contributed by atoms with Crippen molar-refractivity contribution in [2.24, 2.45) is 11.0 Å². The summed E-state index contributed by atoms with van der Waals surface area (Å²) >= 11 is 2.84. The van der Waals surface area contributed by atoms with E-state index in [9.17, 15) is 9.59 Å². The summed E-state index contributed by atoms with van der Waals surface area (Å²) in [6, 6.07) is 17.3. The van der Waals surface area contributed by atoms with E-state index < -0.39 is 0 Å². The molecule has 8 nitrogen and oxygen atoms in total. The largest absolute Gasteiger partial charge is 0.487 e. The first-order valence-electron chi connectivity index (χ1n) is 12.8. The molecule has 2 aromatic rings. The molecule has 1 saturated heterocycles. The Kier molecular flexibility index (Phi) is 11.6. The number of carbonyl (C=O) groups is 2. The van der Waals surface area contributed by atoms with Crippen molar-refractivity contribution < 1.29 is 14.3 Å². The van der Waals surface area contributed by atoms with Crippen LogP contribution >= 0.6 is 23.5 Å². The van der Waals surface area contributed by atoms with Gasteiger partial charge in [0.25, 0.3) is 5.91 Å². The molecule has 0 aromatic heterocycles. The first-order valence-corrected chi connectivity index (χ1v) is 14.5. The van der Waals surface area contributed by atoms with Crippen LogP contribution in [0.1, 0.15) is 36.7 Å². The maximum absolute atomic E-state index is 13.0. The van der Waals surface area contributed by atoms with Crippen LogP contribution in [0.3, 0.4) is 0 Å². The highest BCUT2D eigenvalue weighted by atomic mass is 32.2. The minimum absolute atomic E-state index is 0.0598. The van der Waals surface area contributed by atoms with Gasteiger partial charge in [0.15, 0.2) is 5.62 Å². The second kappa shape index (κ2) is 14.8. The molecule has 0 bridgehead atoms. The molecule has 3 unspecified atom stereocenters. The first kappa shape index (κ1) is 29.6. The van der Waals surface area contributed by atoms with Gasteiger partial charge in [0.1, 0.15) is 17.4 Å². The number of carbonyl (C=O) groups excluding carboxylic acids is 2. The second-order valence-electron chi connectivity index (χ2n) is 8.69. The van der Waals surface area contributed by atoms with Crippen LogP contribution in [-0.2, 0) is 4.79 Å². The summed E-state index contributed by atoms with van der Waals surface area (Å²) in [5.74, 6) is 0.473. The zero-order chi connectivity index (χ0) is 27.5. The van der Waals surface area contributed by atoms with Crippen molar-refractivity contribution in [3.05, 3.63) is 71.4 Å². The smallest absolute Gasteiger partial charge is 0.251 e. The Hall–Kier alpha value is -2.95. The van der Waals surface area contributed by atoms with Gasteiger partial charge in [0.2, 0.25) is 0 Å². The molecule has 2 aromatic carbocycles. The van der Waals surface area contributed by atoms with Gasteiger partial charge in [-0.3, -0.25) is 9.59 Å². The van der Waals surface area contributed by atoms with Crippen LogP contribution in [0.15, 0.2) is 65.4 Å². The zero-order valence-electron chi connectivity index (χ0n) is 22.6. The Bertz CT molecular complexity index is 1130. The number of ether oxygens (including phenoxy) is 1. The highest BCUT2D eigenvalue weighted by molar-refractivity contribution is 8.24. The Balaban J connectivity index is 0.00000195. The van der Waals surface area contributed by atoms with Gasteiger partial charge in [-0.15, -0.1) is 0 Å². The Morgan fingerprint density at radius 3 is 2.55 bits per heavy atom. The number of benzene rings is 2. The lowest BCUT2D eigenvalue weighted by atomic mass is 10.0. The SMILES string of the molecule is CC.CN/N=C(\SC=O)C1CN(C)CC1NC(=O)c1ccc(OCC2=C(c3ccccc3)SC(C)N2)cc1. The van der Waals surface area contributed by atoms with Crippen LogP contribution < -0.4 is 20.8 Å². The number of amides is 1. The molecular formula is C28H37N5O3S2. The molecule has 0 radical (unpaired) electrons. The van der Waals surface area contributed by atoms with Gasteiger partial charge < -0.3 is 25.7 Å². The lowest BCUT2D eigenvalue weighted by Crippen LogP contribution is -2.42. The van der Waals surface area contributed by atoms with Crippen LogP contribution in [0, 0.1) is 5.92 Å². The van der Waals surface area contributed by atoms with E-state index in [0.717, 1.165) is 23.1 Å². The molecule has 3 atom stereocenters. The lowest BCUT2D eigenvalue weighted by Gasteiger charge is -2.20. The van der Waals surface area contributed by atoms with E-state index in [1.165, 1.54) is 10.5 Å². The van der Waals surface area contributed by atoms with E-state index in [4.69, 9.17) is 4.74 Å². The summed E-state index contributed by atoms with van der Waals surface area (Å²) in [5.41, 5.74) is 6.32. The number of hydrazone groups is 1. The number of nitrogens with zero attached hydrogens (tertiary/aromatic N) is 2. The summed E-state index contributed by atoms with van der Waals surface area (Å²) in [6.45, 7) is 7.95. The van der Waals surface area contributed by atoms with E-state index in [2.05, 4.69) is 45.1 Å². The van der Waals surface area contributed by atoms with Crippen molar-refractivity contribution in [2.75, 3.05) is 33.8 Å². The third kappa shape index (κ3) is 7.78. The summed E-state index contributed by atoms with van der Waals surface area (Å²) in [7, 11) is 3.69. The summed E-state index contributed by atoms with van der Waals surface area (Å²) in [5, 5.41) is 11.8. The summed E-state index contributed by atoms with van der Waals surface area (Å²) in [4.78, 5) is 27.4. The van der Waals surface area contributed by atoms with Gasteiger partial charge in [-0.05, 0) is 55.6 Å². The van der Waals surface area contributed by atoms with Gasteiger partial charge in [-0.1, -0.05) is 55.9 Å². The molecule has 2 aliphatic heterocycles. The molecular weight excluding hydrogens is 518 g/mol. The van der Waals surface area contributed by atoms with E-state index in [1.54, 1.807) is 30.9 Å². The number of nitrogens with one attached hydrogen (secondary N) is 3. The van der Waals surface area contributed by atoms with E-state index in [0.29, 0.717) is 36.1 Å². The van der Waals surface area contributed by atoms with Gasteiger partial charge in [0, 0.05) is 36.5 Å². The molecule has 0 saturated carbocycles. The molecule has 3 N–H and O–H groups in total. The molecule has 0 spiro atoms. The fourth-order valence-electron chi connectivity index (χ4n) is 4.39. The minimum Gasteiger partial charge on any atom is -0.487 e. The molecule has 204 valence electrons. The highest BCUT2D eigenvalue weighted by Crippen LogP contribution is 2.38. The number of likely N-dealkylation sites (N-methyl/N-ethyl adjacent to an activating group) is 1. The summed E-state index contributed by atoms with van der Waals surface area (Å²) in [6.07, 6.45) is 0. The number of hydrogen-bond donors (Lipinski definition) is 3. The first-order chi connectivity index (χ1) is 18.5. The van der Waals surface area contributed by atoms with Gasteiger partial charge in [-0.2, -0.15) is 5.10 Å². The average molecular weight is 556 g/mol. The van der Waals surface area contributed by atoms with Crippen LogP contribution in [0.2, 0.25) is 0 Å². The maximum atomic E-state index is 13.0. The van der Waals surface area contributed by atoms with Crippen molar-refractivity contribution >= 4 is 45.0 Å². The van der Waals surface area contributed by atoms with Gasteiger partial charge in [0.05, 0.1) is 17.1 Å². The summed E-state index contributed by atoms with van der Waals surface area (Å²) < 4.78 is 6.04. The normalized spacial score (nSPS) is 21.3. The molecule has 2 aliphatic rings. The standard InChI is InChI=1S/C26H31N5O3S2.C2H6/c1-17-28-23(24(36-17)18-7-5-4-6-8-18)15-34-20-11-9-19(10-12-20)25(33)29-22-14-31(3)13-21(22)26(30-27-2)35-16-32;1-2/h4-12,16-17,21-22,27-28H,13-15H2,1-3H3,(H,29,33);1-2H3/b30-26-;. The molecule has 1 amide bonds. The molecule has 2 heterocycles. The Labute approximate surface area is 234 Å². The number of hydrogen-bond acceptors (Lipinski definition) is 9. The van der Waals surface area contributed by atoms with Gasteiger partial charge in [-0.25, -0.2) is 0 Å². The molecule has 4 rings (SSSR count). The predicted molar refractivity (Wildman–Crippen MR) is 160 cm³/mol. The van der Waals surface area contributed by atoms with Gasteiger partial charge >= 0.3 is 0 Å². The topological polar surface area (TPSA) is 95.1 Å². The average Bonchev–Trinajstić information content (AvgIpc) is 3.50. The fraction of sp³-hybridized carbons (Fsp3) is 0.393. The van der Waals surface area contributed by atoms with Crippen molar-refractivity contribution in [1.82, 2.24) is 21.0 Å². The predicted octanol–water partition coefficient (Wildman–Crippen LogP) is 4.26. The Morgan fingerprint density at radius 2 is 1.89 bits per heavy atom. The Morgan fingerprint density at radius 1 is 1.18 bits per heavy atom. The van der Waals surface area contributed by atoms with Crippen LogP contribution in [0.25, 0.3) is 4.91 Å². The van der Waals surface area contributed by atoms with E-state index in [-0.39, 0.29) is 23.2 Å². The molecule has 1 fully saturated rings. The highest BCUT2D eigenvalue weighted by Gasteiger charge is 2.36. The number of rotatable bonds is 9. The fourth-order valence-corrected chi connectivity index (χ4v) is 6.13. The van der Waals surface area contributed by atoms with Crippen LogP contribution in [0.5, 0.6) is 5.75 Å². The van der Waals surface area contributed by atoms with Crippen molar-refractivity contribution in [1.29, 1.82) is 0 Å². The van der Waals surface area contributed by atoms with Crippen molar-refractivity contribution in [3.63, 3.8) is 0 Å². The third-order valence-electron chi connectivity index (χ3n) is 6.01. The molecule has 38 heavy (non-hydrogen) atoms. The third-order valence-corrected chi connectivity index (χ3v) is 7.93. The lowest BCUT2D eigenvalue weighted by molar-refractivity contribution is 0.0935. The number of thioether (sulfide) groups is 2. The van der Waals surface area contributed by atoms with Crippen LogP contribution in [-0.4, -0.2) is 66.7 Å². The van der Waals surface area contributed by atoms with Crippen molar-refractivity contribution in [2.45, 2.75) is 32.2 Å². The van der Waals surface area contributed by atoms with E-state index in [1.807, 2.05) is 51.2 Å². The zero-order valence-corrected chi connectivity index (χ0v) is 24.2. The second-order valence-corrected chi connectivity index (χ2v) is 10.9. The van der Waals surface area contributed by atoms with Crippen LogP contribution in [0.4, 0.5) is 0 Å². The van der Waals surface area contributed by atoms with E-state index >= 15 is 0 Å². The maximum Gasteiger partial charge on any atom is 0.251 e. The molecule has 10 heteroatoms. The molecule has 0 aliphatic carbocycles. The monoisotopic (exact) mass is 555 g/mol. The minimum atomic E-state index is -0.163. The quantitative estimate of drug-likeness (QED) is 0.183. The van der Waals surface area contributed by atoms with Crippen molar-refractivity contribution in [3.8, 4) is 5.75 Å².